The van der Waals surface area contributed by atoms with Crippen molar-refractivity contribution in [1.82, 2.24) is 4.98 Å². The van der Waals surface area contributed by atoms with Gasteiger partial charge in [-0.2, -0.15) is 0 Å². The lowest BCUT2D eigenvalue weighted by atomic mass is 9.88. The molecular formula is C27H23NO5. The van der Waals surface area contributed by atoms with Crippen LogP contribution in [0, 0.1) is 5.92 Å². The van der Waals surface area contributed by atoms with Crippen molar-refractivity contribution < 1.29 is 24.5 Å². The molecule has 0 radical (unpaired) electrons. The number of fused-ring (bicyclic) bond motifs is 2. The number of carbonyl (C=O) groups is 1. The molecule has 0 spiro atoms. The maximum atomic E-state index is 11.2. The second-order valence-electron chi connectivity index (χ2n) is 8.21. The highest BCUT2D eigenvalue weighted by atomic mass is 16.5. The molecule has 33 heavy (non-hydrogen) atoms. The van der Waals surface area contributed by atoms with E-state index in [2.05, 4.69) is 4.98 Å². The molecule has 166 valence electrons. The third kappa shape index (κ3) is 4.52. The predicted molar refractivity (Wildman–Crippen MR) is 124 cm³/mol. The van der Waals surface area contributed by atoms with Gasteiger partial charge < -0.3 is 19.7 Å². The number of aliphatic hydroxyl groups is 1. The van der Waals surface area contributed by atoms with Gasteiger partial charge in [-0.3, -0.25) is 0 Å². The van der Waals surface area contributed by atoms with E-state index in [1.54, 1.807) is 24.3 Å². The van der Waals surface area contributed by atoms with Crippen LogP contribution in [0.1, 0.15) is 33.3 Å². The van der Waals surface area contributed by atoms with Crippen molar-refractivity contribution >= 4 is 16.9 Å². The molecule has 6 nitrogen and oxygen atoms in total. The first kappa shape index (κ1) is 21.0. The molecular weight excluding hydrogens is 418 g/mol. The van der Waals surface area contributed by atoms with Gasteiger partial charge in [-0.15, -0.1) is 0 Å². The zero-order valence-electron chi connectivity index (χ0n) is 17.8. The summed E-state index contributed by atoms with van der Waals surface area (Å²) in [5.41, 5.74) is 3.49. The van der Waals surface area contributed by atoms with Gasteiger partial charge in [0.2, 0.25) is 0 Å². The van der Waals surface area contributed by atoms with Crippen molar-refractivity contribution in [2.24, 2.45) is 5.92 Å². The molecule has 1 aliphatic rings. The summed E-state index contributed by atoms with van der Waals surface area (Å²) < 4.78 is 11.8. The van der Waals surface area contributed by atoms with Crippen LogP contribution in [0.2, 0.25) is 0 Å². The molecule has 2 N–H and O–H groups in total. The molecule has 4 aromatic rings. The number of rotatable bonds is 6. The maximum absolute atomic E-state index is 11.2. The molecule has 0 amide bonds. The van der Waals surface area contributed by atoms with E-state index < -0.39 is 12.1 Å². The Kier molecular flexibility index (Phi) is 5.67. The number of carboxylic acid groups (broad SMARTS) is 1. The lowest BCUT2D eigenvalue weighted by Gasteiger charge is -2.30. The Balaban J connectivity index is 1.30. The lowest BCUT2D eigenvalue weighted by molar-refractivity contribution is 0.0504. The normalized spacial score (nSPS) is 17.2. The maximum Gasteiger partial charge on any atom is 0.335 e. The third-order valence-electron chi connectivity index (χ3n) is 5.91. The van der Waals surface area contributed by atoms with E-state index >= 15 is 0 Å². The van der Waals surface area contributed by atoms with E-state index in [0.717, 1.165) is 22.2 Å². The minimum Gasteiger partial charge on any atom is -0.493 e. The van der Waals surface area contributed by atoms with Crippen LogP contribution < -0.4 is 9.47 Å². The van der Waals surface area contributed by atoms with Crippen LogP contribution in [-0.2, 0) is 13.0 Å². The quantitative estimate of drug-likeness (QED) is 0.447. The second-order valence-corrected chi connectivity index (χ2v) is 8.21. The highest BCUT2D eigenvalue weighted by Gasteiger charge is 2.30. The molecule has 3 aromatic carbocycles. The Hall–Kier alpha value is -3.90. The Labute approximate surface area is 191 Å². The average Bonchev–Trinajstić information content (AvgIpc) is 2.84. The van der Waals surface area contributed by atoms with Crippen LogP contribution in [0.4, 0.5) is 0 Å². The summed E-state index contributed by atoms with van der Waals surface area (Å²) in [6, 6.07) is 24.1. The monoisotopic (exact) mass is 441 g/mol. The Morgan fingerprint density at radius 3 is 2.79 bits per heavy atom. The molecule has 0 bridgehead atoms. The number of aromatic carboxylic acids is 1. The Bertz CT molecular complexity index is 1320. The fourth-order valence-electron chi connectivity index (χ4n) is 4.17. The van der Waals surface area contributed by atoms with Crippen LogP contribution in [-0.4, -0.2) is 27.8 Å². The van der Waals surface area contributed by atoms with Crippen molar-refractivity contribution in [3.05, 3.63) is 101 Å². The molecule has 0 saturated heterocycles. The number of nitrogens with zero attached hydrogens (tertiary/aromatic N) is 1. The van der Waals surface area contributed by atoms with E-state index in [1.165, 1.54) is 0 Å². The van der Waals surface area contributed by atoms with E-state index in [0.29, 0.717) is 36.7 Å². The molecule has 0 aliphatic carbocycles. The summed E-state index contributed by atoms with van der Waals surface area (Å²) in [4.78, 5) is 15.9. The fraction of sp³-hybridized carbons (Fsp3) is 0.185. The lowest BCUT2D eigenvalue weighted by Crippen LogP contribution is -2.27. The van der Waals surface area contributed by atoms with Crippen LogP contribution >= 0.6 is 0 Å². The largest absolute Gasteiger partial charge is 0.493 e. The number of ether oxygens (including phenoxy) is 2. The molecule has 2 atom stereocenters. The number of hydrogen-bond acceptors (Lipinski definition) is 5. The molecule has 6 heteroatoms. The Morgan fingerprint density at radius 1 is 1.03 bits per heavy atom. The molecule has 1 aromatic heterocycles. The van der Waals surface area contributed by atoms with Crippen LogP contribution in [0.15, 0.2) is 78.9 Å². The minimum atomic E-state index is -0.967. The standard InChI is InChI=1S/C27H23NO5/c29-26-20(13-17-4-3-6-19(12-17)27(30)31)15-33-25-11-10-22(14-23(25)26)32-16-21-9-8-18-5-1-2-7-24(18)28-21/h1-12,14,20,26,29H,13,15-16H2,(H,30,31)/t20-,26-/m1/s1. The van der Waals surface area contributed by atoms with Gasteiger partial charge >= 0.3 is 5.97 Å². The van der Waals surface area contributed by atoms with Gasteiger partial charge in [0.05, 0.1) is 29.5 Å². The van der Waals surface area contributed by atoms with Crippen molar-refractivity contribution in [2.75, 3.05) is 6.61 Å². The van der Waals surface area contributed by atoms with Crippen LogP contribution in [0.25, 0.3) is 10.9 Å². The fourth-order valence-corrected chi connectivity index (χ4v) is 4.17. The molecule has 1 aliphatic heterocycles. The number of aromatic nitrogens is 1. The van der Waals surface area contributed by atoms with Gasteiger partial charge in [-0.1, -0.05) is 36.4 Å². The summed E-state index contributed by atoms with van der Waals surface area (Å²) >= 11 is 0. The SMILES string of the molecule is O=C(O)c1cccc(C[C@@H]2COc3ccc(OCc4ccc5ccccc5n4)cc3[C@@H]2O)c1. The summed E-state index contributed by atoms with van der Waals surface area (Å²) in [7, 11) is 0. The first-order valence-corrected chi connectivity index (χ1v) is 10.8. The summed E-state index contributed by atoms with van der Waals surface area (Å²) in [5.74, 6) is 0.0957. The number of aliphatic hydroxyl groups excluding tert-OH is 1. The summed E-state index contributed by atoms with van der Waals surface area (Å²) in [6.45, 7) is 0.665. The van der Waals surface area contributed by atoms with Crippen LogP contribution in [0.3, 0.4) is 0 Å². The number of pyridine rings is 1. The van der Waals surface area contributed by atoms with Gasteiger partial charge in [0.1, 0.15) is 18.1 Å². The van der Waals surface area contributed by atoms with E-state index in [-0.39, 0.29) is 11.5 Å². The van der Waals surface area contributed by atoms with Crippen molar-refractivity contribution in [2.45, 2.75) is 19.1 Å². The van der Waals surface area contributed by atoms with E-state index in [1.807, 2.05) is 54.6 Å². The van der Waals surface area contributed by atoms with Gasteiger partial charge in [-0.05, 0) is 54.4 Å². The first-order chi connectivity index (χ1) is 16.1. The number of hydrogen-bond donors (Lipinski definition) is 2. The van der Waals surface area contributed by atoms with E-state index in [9.17, 15) is 15.0 Å². The minimum absolute atomic E-state index is 0.195. The van der Waals surface area contributed by atoms with Crippen LogP contribution in [0.5, 0.6) is 11.5 Å². The zero-order valence-corrected chi connectivity index (χ0v) is 17.8. The smallest absolute Gasteiger partial charge is 0.335 e. The summed E-state index contributed by atoms with van der Waals surface area (Å²) in [6.07, 6.45) is -0.238. The molecule has 0 unspecified atom stereocenters. The molecule has 0 saturated carbocycles. The highest BCUT2D eigenvalue weighted by molar-refractivity contribution is 5.87. The van der Waals surface area contributed by atoms with E-state index in [4.69, 9.17) is 9.47 Å². The van der Waals surface area contributed by atoms with Gasteiger partial charge in [0, 0.05) is 16.9 Å². The van der Waals surface area contributed by atoms with Crippen molar-refractivity contribution in [1.29, 1.82) is 0 Å². The highest BCUT2D eigenvalue weighted by Crippen LogP contribution is 2.39. The number of carboxylic acids is 1. The average molecular weight is 441 g/mol. The first-order valence-electron chi connectivity index (χ1n) is 10.8. The number of benzene rings is 3. The number of para-hydroxylation sites is 1. The Morgan fingerprint density at radius 2 is 1.91 bits per heavy atom. The molecule has 0 fully saturated rings. The predicted octanol–water partition coefficient (Wildman–Crippen LogP) is 4.80. The van der Waals surface area contributed by atoms with Crippen molar-refractivity contribution in [3.8, 4) is 11.5 Å². The zero-order chi connectivity index (χ0) is 22.8. The summed E-state index contributed by atoms with van der Waals surface area (Å²) in [5, 5.41) is 21.3. The van der Waals surface area contributed by atoms with Gasteiger partial charge in [-0.25, -0.2) is 9.78 Å². The third-order valence-corrected chi connectivity index (χ3v) is 5.91. The van der Waals surface area contributed by atoms with Crippen molar-refractivity contribution in [3.63, 3.8) is 0 Å². The molecule has 2 heterocycles. The van der Waals surface area contributed by atoms with Gasteiger partial charge in [0.25, 0.3) is 0 Å². The topological polar surface area (TPSA) is 88.9 Å². The van der Waals surface area contributed by atoms with Gasteiger partial charge in [0.15, 0.2) is 0 Å². The molecule has 5 rings (SSSR count). The second kappa shape index (κ2) is 8.92.